The SMILES string of the molecule is CS(=O)(=O)On1cnc2nc(C3CCCC3)nc(N)c21. The van der Waals surface area contributed by atoms with Gasteiger partial charge >= 0.3 is 10.1 Å². The number of fused-ring (bicyclic) bond motifs is 1. The quantitative estimate of drug-likeness (QED) is 0.875. The predicted octanol–water partition coefficient (Wildman–Crippen LogP) is 0.454. The largest absolute Gasteiger partial charge is 0.382 e. The van der Waals surface area contributed by atoms with E-state index in [9.17, 15) is 8.42 Å². The number of hydrogen-bond acceptors (Lipinski definition) is 7. The molecule has 8 nitrogen and oxygen atoms in total. The van der Waals surface area contributed by atoms with E-state index in [1.165, 1.54) is 6.33 Å². The van der Waals surface area contributed by atoms with E-state index in [0.29, 0.717) is 17.4 Å². The summed E-state index contributed by atoms with van der Waals surface area (Å²) in [6.07, 6.45) is 6.60. The van der Waals surface area contributed by atoms with Crippen LogP contribution in [0.4, 0.5) is 5.82 Å². The average Bonchev–Trinajstić information content (AvgIpc) is 2.96. The van der Waals surface area contributed by atoms with Gasteiger partial charge in [0.15, 0.2) is 17.0 Å². The molecule has 1 aliphatic rings. The minimum atomic E-state index is -3.67. The normalized spacial score (nSPS) is 16.9. The Balaban J connectivity index is 2.06. The van der Waals surface area contributed by atoms with Crippen LogP contribution in [0, 0.1) is 0 Å². The molecular formula is C11H15N5O3S. The summed E-state index contributed by atoms with van der Waals surface area (Å²) in [6.45, 7) is 0. The number of nitrogen functional groups attached to an aromatic ring is 1. The fourth-order valence-electron chi connectivity index (χ4n) is 2.51. The van der Waals surface area contributed by atoms with Crippen molar-refractivity contribution < 1.29 is 12.7 Å². The van der Waals surface area contributed by atoms with Crippen LogP contribution in [0.3, 0.4) is 0 Å². The topological polar surface area (TPSA) is 113 Å². The van der Waals surface area contributed by atoms with Crippen LogP contribution in [0.15, 0.2) is 6.33 Å². The van der Waals surface area contributed by atoms with Crippen molar-refractivity contribution in [1.29, 1.82) is 0 Å². The van der Waals surface area contributed by atoms with E-state index < -0.39 is 10.1 Å². The summed E-state index contributed by atoms with van der Waals surface area (Å²) in [5.41, 5.74) is 6.53. The number of nitrogens with zero attached hydrogens (tertiary/aromatic N) is 4. The van der Waals surface area contributed by atoms with Crippen LogP contribution in [0.2, 0.25) is 0 Å². The molecule has 0 unspecified atom stereocenters. The molecule has 1 saturated carbocycles. The first-order valence-corrected chi connectivity index (χ1v) is 8.16. The van der Waals surface area contributed by atoms with Gasteiger partial charge in [0.05, 0.1) is 6.26 Å². The maximum Gasteiger partial charge on any atom is 0.324 e. The highest BCUT2D eigenvalue weighted by molar-refractivity contribution is 7.86. The molecule has 2 N–H and O–H groups in total. The van der Waals surface area contributed by atoms with Gasteiger partial charge in [0.1, 0.15) is 12.2 Å². The molecule has 9 heteroatoms. The van der Waals surface area contributed by atoms with Gasteiger partial charge in [-0.3, -0.25) is 4.28 Å². The van der Waals surface area contributed by atoms with Crippen molar-refractivity contribution in [3.63, 3.8) is 0 Å². The van der Waals surface area contributed by atoms with Crippen molar-refractivity contribution >= 4 is 27.1 Å². The van der Waals surface area contributed by atoms with Crippen LogP contribution < -0.4 is 10.0 Å². The Labute approximate surface area is 116 Å². The first-order chi connectivity index (χ1) is 9.44. The Bertz CT molecular complexity index is 749. The minimum absolute atomic E-state index is 0.179. The van der Waals surface area contributed by atoms with Crippen LogP contribution in [0.5, 0.6) is 0 Å². The molecule has 0 amide bonds. The zero-order valence-electron chi connectivity index (χ0n) is 11.0. The third-order valence-corrected chi connectivity index (χ3v) is 3.78. The maximum absolute atomic E-state index is 11.2. The van der Waals surface area contributed by atoms with E-state index in [1.54, 1.807) is 0 Å². The van der Waals surface area contributed by atoms with Crippen LogP contribution in [0.1, 0.15) is 37.4 Å². The molecule has 0 aromatic carbocycles. The van der Waals surface area contributed by atoms with E-state index in [4.69, 9.17) is 10.0 Å². The molecule has 1 fully saturated rings. The Kier molecular flexibility index (Phi) is 3.00. The summed E-state index contributed by atoms with van der Waals surface area (Å²) in [5, 5.41) is 0. The van der Waals surface area contributed by atoms with Crippen LogP contribution in [-0.2, 0) is 10.1 Å². The lowest BCUT2D eigenvalue weighted by Gasteiger charge is -2.09. The van der Waals surface area contributed by atoms with Gasteiger partial charge in [-0.25, -0.2) is 15.0 Å². The van der Waals surface area contributed by atoms with Crippen LogP contribution in [0.25, 0.3) is 11.2 Å². The number of anilines is 1. The Hall–Kier alpha value is -1.90. The van der Waals surface area contributed by atoms with Crippen molar-refractivity contribution in [2.45, 2.75) is 31.6 Å². The lowest BCUT2D eigenvalue weighted by Crippen LogP contribution is -2.18. The summed E-state index contributed by atoms with van der Waals surface area (Å²) in [7, 11) is -3.67. The van der Waals surface area contributed by atoms with E-state index in [-0.39, 0.29) is 11.3 Å². The molecule has 1 aliphatic carbocycles. The molecule has 0 radical (unpaired) electrons. The summed E-state index contributed by atoms with van der Waals surface area (Å²) in [6, 6.07) is 0. The molecule has 20 heavy (non-hydrogen) atoms. The van der Waals surface area contributed by atoms with E-state index in [0.717, 1.165) is 36.7 Å². The van der Waals surface area contributed by atoms with E-state index in [2.05, 4.69) is 15.0 Å². The second kappa shape index (κ2) is 4.58. The van der Waals surface area contributed by atoms with Crippen LogP contribution in [-0.4, -0.2) is 34.4 Å². The predicted molar refractivity (Wildman–Crippen MR) is 72.4 cm³/mol. The van der Waals surface area contributed by atoms with Gasteiger partial charge in [0, 0.05) is 5.92 Å². The first kappa shape index (κ1) is 13.1. The summed E-state index contributed by atoms with van der Waals surface area (Å²) in [4.78, 5) is 12.7. The smallest absolute Gasteiger partial charge is 0.324 e. The van der Waals surface area contributed by atoms with Crippen molar-refractivity contribution in [2.75, 3.05) is 12.0 Å². The molecule has 2 aromatic heterocycles. The molecule has 0 spiro atoms. The first-order valence-electron chi connectivity index (χ1n) is 6.34. The molecule has 0 aliphatic heterocycles. The van der Waals surface area contributed by atoms with Crippen molar-refractivity contribution in [2.24, 2.45) is 0 Å². The highest BCUT2D eigenvalue weighted by Crippen LogP contribution is 2.33. The van der Waals surface area contributed by atoms with Gasteiger partial charge < -0.3 is 5.73 Å². The van der Waals surface area contributed by atoms with Gasteiger partial charge in [0.25, 0.3) is 0 Å². The summed E-state index contributed by atoms with van der Waals surface area (Å²) < 4.78 is 28.1. The van der Waals surface area contributed by atoms with E-state index >= 15 is 0 Å². The highest BCUT2D eigenvalue weighted by atomic mass is 32.2. The molecule has 2 aromatic rings. The zero-order valence-corrected chi connectivity index (χ0v) is 11.8. The Morgan fingerprint density at radius 2 is 2.05 bits per heavy atom. The van der Waals surface area contributed by atoms with Crippen molar-refractivity contribution in [3.8, 4) is 0 Å². The molecule has 3 rings (SSSR count). The molecule has 0 bridgehead atoms. The number of nitrogens with two attached hydrogens (primary N) is 1. The monoisotopic (exact) mass is 297 g/mol. The number of aromatic nitrogens is 4. The molecule has 0 atom stereocenters. The second-order valence-electron chi connectivity index (χ2n) is 4.97. The lowest BCUT2D eigenvalue weighted by molar-refractivity contribution is 0.294. The van der Waals surface area contributed by atoms with E-state index in [1.807, 2.05) is 0 Å². The van der Waals surface area contributed by atoms with Gasteiger partial charge in [-0.1, -0.05) is 12.8 Å². The molecule has 2 heterocycles. The van der Waals surface area contributed by atoms with Gasteiger partial charge in [-0.15, -0.1) is 4.73 Å². The zero-order chi connectivity index (χ0) is 14.3. The van der Waals surface area contributed by atoms with Gasteiger partial charge in [-0.2, -0.15) is 8.42 Å². The summed E-state index contributed by atoms with van der Waals surface area (Å²) in [5.74, 6) is 1.16. The average molecular weight is 297 g/mol. The maximum atomic E-state index is 11.2. The molecule has 0 saturated heterocycles. The minimum Gasteiger partial charge on any atom is -0.382 e. The Morgan fingerprint density at radius 1 is 1.35 bits per heavy atom. The van der Waals surface area contributed by atoms with Gasteiger partial charge in [-0.05, 0) is 12.8 Å². The molecular weight excluding hydrogens is 282 g/mol. The standard InChI is InChI=1S/C11H15N5O3S/c1-20(17,18)19-16-6-13-11-8(16)9(12)14-10(15-11)7-4-2-3-5-7/h6-7H,2-5H2,1H3,(H2,12,14,15). The lowest BCUT2D eigenvalue weighted by atomic mass is 10.1. The molecule has 108 valence electrons. The number of imidazole rings is 1. The number of hydrogen-bond donors (Lipinski definition) is 1. The van der Waals surface area contributed by atoms with Crippen molar-refractivity contribution in [3.05, 3.63) is 12.2 Å². The second-order valence-corrected chi connectivity index (χ2v) is 6.53. The third-order valence-electron chi connectivity index (χ3n) is 3.35. The van der Waals surface area contributed by atoms with Crippen LogP contribution >= 0.6 is 0 Å². The van der Waals surface area contributed by atoms with Crippen molar-refractivity contribution in [1.82, 2.24) is 19.7 Å². The Morgan fingerprint density at radius 3 is 2.70 bits per heavy atom. The fraction of sp³-hybridized carbons (Fsp3) is 0.545. The third kappa shape index (κ3) is 2.40. The fourth-order valence-corrected chi connectivity index (χ4v) is 2.92. The van der Waals surface area contributed by atoms with Gasteiger partial charge in [0.2, 0.25) is 0 Å². The summed E-state index contributed by atoms with van der Waals surface area (Å²) >= 11 is 0. The number of rotatable bonds is 3. The highest BCUT2D eigenvalue weighted by Gasteiger charge is 2.23.